The largest absolute Gasteiger partial charge is 0.308 e. The second-order valence-electron chi connectivity index (χ2n) is 7.70. The number of thioether (sulfide) groups is 1. The van der Waals surface area contributed by atoms with Crippen LogP contribution in [0.4, 0.5) is 5.82 Å². The Hall–Kier alpha value is -1.61. The fourth-order valence-electron chi connectivity index (χ4n) is 3.79. The second kappa shape index (κ2) is 9.10. The molecule has 1 fully saturated rings. The van der Waals surface area contributed by atoms with Crippen molar-refractivity contribution in [3.8, 4) is 0 Å². The molecule has 0 saturated heterocycles. The van der Waals surface area contributed by atoms with E-state index in [4.69, 9.17) is 28.2 Å². The van der Waals surface area contributed by atoms with Crippen molar-refractivity contribution >= 4 is 68.2 Å². The molecule has 0 aromatic carbocycles. The molecule has 3 heterocycles. The lowest BCUT2D eigenvalue weighted by molar-refractivity contribution is -0.115. The van der Waals surface area contributed by atoms with Gasteiger partial charge in [-0.2, -0.15) is 0 Å². The molecule has 3 aromatic heterocycles. The first kappa shape index (κ1) is 22.6. The van der Waals surface area contributed by atoms with Crippen LogP contribution in [0, 0.1) is 13.8 Å². The average molecular weight is 497 g/mol. The number of hydrogen-bond acceptors (Lipinski definition) is 6. The van der Waals surface area contributed by atoms with Crippen LogP contribution in [0.5, 0.6) is 0 Å². The van der Waals surface area contributed by atoms with E-state index in [0.717, 1.165) is 41.0 Å². The number of fused-ring (bicyclic) bond motifs is 1. The minimum atomic E-state index is -0.507. The van der Waals surface area contributed by atoms with Crippen molar-refractivity contribution in [2.24, 2.45) is 0 Å². The van der Waals surface area contributed by atoms with Crippen LogP contribution < -0.4 is 10.9 Å². The molecular formula is C21H22Cl2N4O2S2. The predicted molar refractivity (Wildman–Crippen MR) is 129 cm³/mol. The number of carbonyl (C=O) groups is 1. The van der Waals surface area contributed by atoms with Crippen molar-refractivity contribution in [3.05, 3.63) is 43.1 Å². The van der Waals surface area contributed by atoms with Gasteiger partial charge in [0, 0.05) is 17.1 Å². The van der Waals surface area contributed by atoms with Crippen LogP contribution in [0.1, 0.15) is 49.1 Å². The van der Waals surface area contributed by atoms with Gasteiger partial charge in [0.2, 0.25) is 5.91 Å². The van der Waals surface area contributed by atoms with Crippen molar-refractivity contribution in [3.63, 3.8) is 0 Å². The lowest BCUT2D eigenvalue weighted by Crippen LogP contribution is -2.29. The molecule has 0 aliphatic heterocycles. The first-order valence-corrected chi connectivity index (χ1v) is 12.5. The lowest BCUT2D eigenvalue weighted by atomic mass is 10.2. The third-order valence-electron chi connectivity index (χ3n) is 5.59. The first-order valence-electron chi connectivity index (χ1n) is 10.1. The first-order chi connectivity index (χ1) is 14.8. The Bertz CT molecular complexity index is 1220. The van der Waals surface area contributed by atoms with Crippen LogP contribution >= 0.6 is 46.3 Å². The standard InChI is InChI=1S/C21H22Cl2N4O2S2/c1-10-11(2)30-19-16(10)20(29)27(14-6-4-5-7-14)21(26-19)31-12(3)18(28)25-17-15(23)8-13(22)9-24-17/h8-9,12,14H,4-7H2,1-3H3,(H,24,25,28). The van der Waals surface area contributed by atoms with Gasteiger partial charge in [0.1, 0.15) is 4.83 Å². The third-order valence-corrected chi connectivity index (χ3v) is 8.26. The molecule has 1 N–H and O–H groups in total. The molecule has 10 heteroatoms. The molecule has 1 saturated carbocycles. The highest BCUT2D eigenvalue weighted by atomic mass is 35.5. The van der Waals surface area contributed by atoms with Crippen molar-refractivity contribution in [1.29, 1.82) is 0 Å². The van der Waals surface area contributed by atoms with Gasteiger partial charge in [-0.05, 0) is 45.2 Å². The fraction of sp³-hybridized carbons (Fsp3) is 0.429. The maximum atomic E-state index is 13.5. The molecule has 31 heavy (non-hydrogen) atoms. The molecule has 1 aliphatic rings. The van der Waals surface area contributed by atoms with Gasteiger partial charge in [-0.1, -0.05) is 47.8 Å². The van der Waals surface area contributed by atoms with Gasteiger partial charge in [-0.15, -0.1) is 11.3 Å². The lowest BCUT2D eigenvalue weighted by Gasteiger charge is -2.20. The van der Waals surface area contributed by atoms with Crippen molar-refractivity contribution in [1.82, 2.24) is 14.5 Å². The molecule has 1 unspecified atom stereocenters. The van der Waals surface area contributed by atoms with E-state index in [-0.39, 0.29) is 28.3 Å². The van der Waals surface area contributed by atoms with E-state index < -0.39 is 5.25 Å². The highest BCUT2D eigenvalue weighted by Gasteiger charge is 2.27. The Morgan fingerprint density at radius 2 is 2.03 bits per heavy atom. The number of thiophene rings is 1. The van der Waals surface area contributed by atoms with Gasteiger partial charge < -0.3 is 5.32 Å². The summed E-state index contributed by atoms with van der Waals surface area (Å²) >= 11 is 14.8. The Kier molecular flexibility index (Phi) is 6.62. The van der Waals surface area contributed by atoms with Crippen molar-refractivity contribution < 1.29 is 4.79 Å². The molecule has 1 amide bonds. The Morgan fingerprint density at radius 3 is 2.71 bits per heavy atom. The van der Waals surface area contributed by atoms with Gasteiger partial charge in [-0.3, -0.25) is 14.2 Å². The van der Waals surface area contributed by atoms with Gasteiger partial charge in [0.25, 0.3) is 5.56 Å². The number of amides is 1. The molecule has 0 radical (unpaired) electrons. The molecule has 0 spiro atoms. The van der Waals surface area contributed by atoms with Crippen molar-refractivity contribution in [2.75, 3.05) is 5.32 Å². The normalized spacial score (nSPS) is 15.5. The maximum absolute atomic E-state index is 13.5. The zero-order chi connectivity index (χ0) is 22.3. The minimum absolute atomic E-state index is 0.00345. The van der Waals surface area contributed by atoms with E-state index in [1.54, 1.807) is 6.92 Å². The van der Waals surface area contributed by atoms with Crippen LogP contribution in [0.25, 0.3) is 10.2 Å². The number of anilines is 1. The molecule has 3 aromatic rings. The summed E-state index contributed by atoms with van der Waals surface area (Å²) in [7, 11) is 0. The number of pyridine rings is 1. The Labute approximate surface area is 198 Å². The van der Waals surface area contributed by atoms with Crippen molar-refractivity contribution in [2.45, 2.75) is 62.9 Å². The molecule has 0 bridgehead atoms. The molecular weight excluding hydrogens is 475 g/mol. The van der Waals surface area contributed by atoms with Crippen LogP contribution in [0.3, 0.4) is 0 Å². The van der Waals surface area contributed by atoms with E-state index in [9.17, 15) is 9.59 Å². The summed E-state index contributed by atoms with van der Waals surface area (Å²) in [5, 5.41) is 4.18. The summed E-state index contributed by atoms with van der Waals surface area (Å²) in [4.78, 5) is 37.0. The second-order valence-corrected chi connectivity index (χ2v) is 11.1. The van der Waals surface area contributed by atoms with Crippen LogP contribution in [0.15, 0.2) is 22.2 Å². The highest BCUT2D eigenvalue weighted by molar-refractivity contribution is 8.00. The zero-order valence-electron chi connectivity index (χ0n) is 17.4. The van der Waals surface area contributed by atoms with Gasteiger partial charge in [-0.25, -0.2) is 9.97 Å². The summed E-state index contributed by atoms with van der Waals surface area (Å²) in [5.41, 5.74) is 0.992. The van der Waals surface area contributed by atoms with Gasteiger partial charge in [0.05, 0.1) is 20.7 Å². The van der Waals surface area contributed by atoms with Crippen LogP contribution in [-0.2, 0) is 4.79 Å². The van der Waals surface area contributed by atoms with E-state index in [1.165, 1.54) is 35.4 Å². The summed E-state index contributed by atoms with van der Waals surface area (Å²) in [6.07, 6.45) is 5.52. The van der Waals surface area contributed by atoms with Crippen LogP contribution in [0.2, 0.25) is 10.0 Å². The molecule has 1 aliphatic carbocycles. The Balaban J connectivity index is 1.67. The number of halogens is 2. The number of nitrogens with one attached hydrogen (secondary N) is 1. The molecule has 6 nitrogen and oxygen atoms in total. The summed E-state index contributed by atoms with van der Waals surface area (Å²) in [6, 6.07) is 1.65. The monoisotopic (exact) mass is 496 g/mol. The molecule has 164 valence electrons. The van der Waals surface area contributed by atoms with Crippen LogP contribution in [-0.4, -0.2) is 25.7 Å². The molecule has 1 atom stereocenters. The predicted octanol–water partition coefficient (Wildman–Crippen LogP) is 6.01. The maximum Gasteiger partial charge on any atom is 0.263 e. The number of nitrogens with zero attached hydrogens (tertiary/aromatic N) is 3. The summed E-state index contributed by atoms with van der Waals surface area (Å²) in [5.74, 6) is -0.0165. The van der Waals surface area contributed by atoms with E-state index in [2.05, 4.69) is 10.3 Å². The smallest absolute Gasteiger partial charge is 0.263 e. The average Bonchev–Trinajstić information content (AvgIpc) is 3.32. The minimum Gasteiger partial charge on any atom is -0.308 e. The number of rotatable bonds is 5. The SMILES string of the molecule is Cc1sc2nc(SC(C)C(=O)Nc3ncc(Cl)cc3Cl)n(C3CCCC3)c(=O)c2c1C. The third kappa shape index (κ3) is 4.49. The van der Waals surface area contributed by atoms with E-state index in [0.29, 0.717) is 15.6 Å². The summed E-state index contributed by atoms with van der Waals surface area (Å²) < 4.78 is 1.82. The number of aromatic nitrogens is 3. The van der Waals surface area contributed by atoms with E-state index >= 15 is 0 Å². The highest BCUT2D eigenvalue weighted by Crippen LogP contribution is 2.36. The zero-order valence-corrected chi connectivity index (χ0v) is 20.5. The fourth-order valence-corrected chi connectivity index (χ4v) is 6.27. The van der Waals surface area contributed by atoms with E-state index in [1.807, 2.05) is 18.4 Å². The number of carbonyl (C=O) groups excluding carboxylic acids is 1. The summed E-state index contributed by atoms with van der Waals surface area (Å²) in [6.45, 7) is 5.76. The Morgan fingerprint density at radius 1 is 1.32 bits per heavy atom. The van der Waals surface area contributed by atoms with Gasteiger partial charge >= 0.3 is 0 Å². The number of hydrogen-bond donors (Lipinski definition) is 1. The number of aryl methyl sites for hydroxylation is 2. The van der Waals surface area contributed by atoms with Gasteiger partial charge in [0.15, 0.2) is 11.0 Å². The molecule has 4 rings (SSSR count). The topological polar surface area (TPSA) is 76.9 Å². The quantitative estimate of drug-likeness (QED) is 0.345.